The molecule has 3 aromatic rings. The molecule has 0 saturated heterocycles. The van der Waals surface area contributed by atoms with Gasteiger partial charge < -0.3 is 9.47 Å². The molecule has 0 aliphatic rings. The molecule has 1 heterocycles. The largest absolute Gasteiger partial charge is 0.494 e. The third kappa shape index (κ3) is 3.29. The number of ether oxygens (including phenoxy) is 2. The summed E-state index contributed by atoms with van der Waals surface area (Å²) in [5, 5.41) is 3.56. The monoisotopic (exact) mass is 376 g/mol. The van der Waals surface area contributed by atoms with Crippen LogP contribution in [-0.2, 0) is 4.74 Å². The number of rotatable bonds is 4. The summed E-state index contributed by atoms with van der Waals surface area (Å²) in [6.07, 6.45) is 0. The maximum atomic E-state index is 12.6. The second-order valence-electron chi connectivity index (χ2n) is 4.94. The third-order valence-electron chi connectivity index (χ3n) is 3.48. The van der Waals surface area contributed by atoms with Gasteiger partial charge in [0.25, 0.3) is 5.91 Å². The van der Waals surface area contributed by atoms with E-state index < -0.39 is 11.9 Å². The summed E-state index contributed by atoms with van der Waals surface area (Å²) in [5.41, 5.74) is 0.947. The van der Waals surface area contributed by atoms with E-state index in [4.69, 9.17) is 21.1 Å². The van der Waals surface area contributed by atoms with E-state index in [2.05, 4.69) is 10.3 Å². The van der Waals surface area contributed by atoms with Gasteiger partial charge in [-0.05, 0) is 24.3 Å². The van der Waals surface area contributed by atoms with Crippen LogP contribution in [-0.4, -0.2) is 31.1 Å². The Morgan fingerprint density at radius 1 is 1.12 bits per heavy atom. The zero-order valence-corrected chi connectivity index (χ0v) is 14.9. The highest BCUT2D eigenvalue weighted by molar-refractivity contribution is 7.23. The minimum atomic E-state index is -0.584. The normalized spacial score (nSPS) is 10.5. The number of anilines is 1. The van der Waals surface area contributed by atoms with Crippen molar-refractivity contribution >= 4 is 50.2 Å². The van der Waals surface area contributed by atoms with Gasteiger partial charge in [0.1, 0.15) is 11.3 Å². The molecule has 2 aromatic carbocycles. The lowest BCUT2D eigenvalue weighted by atomic mass is 10.1. The van der Waals surface area contributed by atoms with Crippen molar-refractivity contribution in [2.24, 2.45) is 0 Å². The molecule has 1 aromatic heterocycles. The summed E-state index contributed by atoms with van der Waals surface area (Å²) >= 11 is 7.40. The number of benzene rings is 2. The van der Waals surface area contributed by atoms with Gasteiger partial charge in [0.05, 0.1) is 35.1 Å². The van der Waals surface area contributed by atoms with E-state index >= 15 is 0 Å². The molecule has 0 fully saturated rings. The predicted molar refractivity (Wildman–Crippen MR) is 96.9 cm³/mol. The van der Waals surface area contributed by atoms with E-state index in [1.54, 1.807) is 30.3 Å². The van der Waals surface area contributed by atoms with Crippen molar-refractivity contribution in [1.82, 2.24) is 4.98 Å². The maximum absolute atomic E-state index is 12.6. The topological polar surface area (TPSA) is 77.5 Å². The first-order valence-corrected chi connectivity index (χ1v) is 8.36. The molecule has 0 radical (unpaired) electrons. The van der Waals surface area contributed by atoms with Gasteiger partial charge in [0.2, 0.25) is 0 Å². The van der Waals surface area contributed by atoms with Crippen molar-refractivity contribution < 1.29 is 19.1 Å². The van der Waals surface area contributed by atoms with Gasteiger partial charge in [-0.3, -0.25) is 10.1 Å². The number of amides is 1. The van der Waals surface area contributed by atoms with Crippen LogP contribution in [0.2, 0.25) is 5.02 Å². The number of fused-ring (bicyclic) bond motifs is 1. The van der Waals surface area contributed by atoms with Crippen molar-refractivity contribution in [3.05, 3.63) is 52.5 Å². The number of nitrogens with zero attached hydrogens (tertiary/aromatic N) is 1. The molecule has 8 heteroatoms. The highest BCUT2D eigenvalue weighted by Crippen LogP contribution is 2.37. The quantitative estimate of drug-likeness (QED) is 0.696. The lowest BCUT2D eigenvalue weighted by molar-refractivity contribution is 0.0597. The van der Waals surface area contributed by atoms with Crippen LogP contribution in [0, 0.1) is 0 Å². The van der Waals surface area contributed by atoms with Gasteiger partial charge in [-0.15, -0.1) is 0 Å². The first-order valence-electron chi connectivity index (χ1n) is 7.17. The molecule has 1 amide bonds. The highest BCUT2D eigenvalue weighted by Gasteiger charge is 2.19. The van der Waals surface area contributed by atoms with Gasteiger partial charge in [-0.1, -0.05) is 35.1 Å². The van der Waals surface area contributed by atoms with Crippen molar-refractivity contribution in [3.63, 3.8) is 0 Å². The molecular weight excluding hydrogens is 364 g/mol. The van der Waals surface area contributed by atoms with E-state index in [0.29, 0.717) is 26.1 Å². The lowest BCUT2D eigenvalue weighted by Gasteiger charge is -2.06. The molecule has 0 aliphatic carbocycles. The Hall–Kier alpha value is -2.64. The molecule has 1 N–H and O–H groups in total. The molecule has 128 valence electrons. The molecule has 0 atom stereocenters. The van der Waals surface area contributed by atoms with Crippen LogP contribution in [0.25, 0.3) is 10.2 Å². The Labute approximate surface area is 152 Å². The van der Waals surface area contributed by atoms with Gasteiger partial charge >= 0.3 is 5.97 Å². The first-order chi connectivity index (χ1) is 12.0. The summed E-state index contributed by atoms with van der Waals surface area (Å²) < 4.78 is 10.7. The number of methoxy groups -OCH3 is 2. The van der Waals surface area contributed by atoms with E-state index in [1.165, 1.54) is 31.6 Å². The van der Waals surface area contributed by atoms with Crippen LogP contribution in [0.4, 0.5) is 5.13 Å². The molecule has 3 rings (SSSR count). The van der Waals surface area contributed by atoms with Crippen LogP contribution in [0.1, 0.15) is 20.7 Å². The smallest absolute Gasteiger partial charge is 0.338 e. The second-order valence-corrected chi connectivity index (χ2v) is 6.34. The van der Waals surface area contributed by atoms with E-state index in [0.717, 1.165) is 0 Å². The fraction of sp³-hybridized carbons (Fsp3) is 0.118. The number of aromatic nitrogens is 1. The van der Waals surface area contributed by atoms with Crippen molar-refractivity contribution in [1.29, 1.82) is 0 Å². The second kappa shape index (κ2) is 7.08. The Balaban J connectivity index is 1.96. The minimum Gasteiger partial charge on any atom is -0.494 e. The fourth-order valence-corrected chi connectivity index (χ4v) is 3.45. The van der Waals surface area contributed by atoms with Crippen LogP contribution >= 0.6 is 22.9 Å². The molecule has 0 saturated carbocycles. The van der Waals surface area contributed by atoms with Crippen molar-refractivity contribution in [2.75, 3.05) is 19.5 Å². The van der Waals surface area contributed by atoms with Crippen molar-refractivity contribution in [3.8, 4) is 5.75 Å². The molecule has 0 aliphatic heterocycles. The average Bonchev–Trinajstić information content (AvgIpc) is 3.06. The predicted octanol–water partition coefficient (Wildman–Crippen LogP) is 4.00. The van der Waals surface area contributed by atoms with Crippen LogP contribution < -0.4 is 10.1 Å². The fourth-order valence-electron chi connectivity index (χ4n) is 2.30. The van der Waals surface area contributed by atoms with Crippen LogP contribution in [0.15, 0.2) is 36.4 Å². The number of esters is 1. The van der Waals surface area contributed by atoms with Gasteiger partial charge in [0.15, 0.2) is 5.13 Å². The Bertz CT molecular complexity index is 970. The minimum absolute atomic E-state index is 0.180. The molecule has 0 bridgehead atoms. The van der Waals surface area contributed by atoms with Gasteiger partial charge in [0, 0.05) is 0 Å². The summed E-state index contributed by atoms with van der Waals surface area (Å²) in [6.45, 7) is 0. The number of hydrogen-bond donors (Lipinski definition) is 1. The zero-order chi connectivity index (χ0) is 18.0. The molecule has 0 unspecified atom stereocenters. The number of thiazole rings is 1. The number of carbonyl (C=O) groups is 2. The lowest BCUT2D eigenvalue weighted by Crippen LogP contribution is -2.16. The molecule has 25 heavy (non-hydrogen) atoms. The third-order valence-corrected chi connectivity index (χ3v) is 4.91. The first kappa shape index (κ1) is 17.2. The van der Waals surface area contributed by atoms with Gasteiger partial charge in [-0.25, -0.2) is 9.78 Å². The number of carbonyl (C=O) groups excluding carboxylic acids is 2. The summed E-state index contributed by atoms with van der Waals surface area (Å²) in [4.78, 5) is 28.7. The standard InChI is InChI=1S/C17H13ClN2O4S/c1-23-12-8-7-11(18)14-13(12)19-17(25-14)20-15(21)9-5-3-4-6-10(9)16(22)24-2/h3-8H,1-2H3,(H,19,20,21). The van der Waals surface area contributed by atoms with Crippen LogP contribution in [0.5, 0.6) is 5.75 Å². The van der Waals surface area contributed by atoms with E-state index in [1.807, 2.05) is 0 Å². The van der Waals surface area contributed by atoms with Crippen molar-refractivity contribution in [2.45, 2.75) is 0 Å². The average molecular weight is 377 g/mol. The molecular formula is C17H13ClN2O4S. The zero-order valence-electron chi connectivity index (χ0n) is 13.3. The number of hydrogen-bond acceptors (Lipinski definition) is 6. The Kier molecular flexibility index (Phi) is 4.87. The van der Waals surface area contributed by atoms with Gasteiger partial charge in [-0.2, -0.15) is 0 Å². The molecule has 6 nitrogen and oxygen atoms in total. The van der Waals surface area contributed by atoms with E-state index in [-0.39, 0.29) is 11.1 Å². The molecule has 0 spiro atoms. The Morgan fingerprint density at radius 3 is 2.52 bits per heavy atom. The summed E-state index contributed by atoms with van der Waals surface area (Å²) in [6, 6.07) is 9.81. The SMILES string of the molecule is COC(=O)c1ccccc1C(=O)Nc1nc2c(OC)ccc(Cl)c2s1. The summed E-state index contributed by atoms with van der Waals surface area (Å²) in [7, 11) is 2.80. The van der Waals surface area contributed by atoms with Crippen LogP contribution in [0.3, 0.4) is 0 Å². The number of halogens is 1. The van der Waals surface area contributed by atoms with E-state index in [9.17, 15) is 9.59 Å². The Morgan fingerprint density at radius 2 is 1.84 bits per heavy atom. The maximum Gasteiger partial charge on any atom is 0.338 e. The summed E-state index contributed by atoms with van der Waals surface area (Å²) in [5.74, 6) is -0.485. The highest BCUT2D eigenvalue weighted by atomic mass is 35.5. The number of nitrogens with one attached hydrogen (secondary N) is 1.